The number of ether oxygens (including phenoxy) is 1. The SMILES string of the molecule is CC1=NC(=O)NC(c2cccs2)C1C(=O)OC(C)C. The van der Waals surface area contributed by atoms with Gasteiger partial charge in [-0.15, -0.1) is 11.3 Å². The zero-order valence-corrected chi connectivity index (χ0v) is 11.9. The van der Waals surface area contributed by atoms with Crippen molar-refractivity contribution >= 4 is 29.0 Å². The Morgan fingerprint density at radius 2 is 2.26 bits per heavy atom. The van der Waals surface area contributed by atoms with Crippen molar-refractivity contribution in [2.24, 2.45) is 10.9 Å². The number of nitrogens with zero attached hydrogens (tertiary/aromatic N) is 1. The number of urea groups is 1. The van der Waals surface area contributed by atoms with Crippen LogP contribution in [0.1, 0.15) is 31.7 Å². The topological polar surface area (TPSA) is 67.8 Å². The van der Waals surface area contributed by atoms with Gasteiger partial charge >= 0.3 is 12.0 Å². The predicted octanol–water partition coefficient (Wildman–Crippen LogP) is 2.54. The van der Waals surface area contributed by atoms with Crippen LogP contribution in [0, 0.1) is 5.92 Å². The van der Waals surface area contributed by atoms with Crippen LogP contribution in [0.2, 0.25) is 0 Å². The van der Waals surface area contributed by atoms with Crippen LogP contribution in [0.5, 0.6) is 0 Å². The third-order valence-electron chi connectivity index (χ3n) is 2.80. The molecule has 102 valence electrons. The molecule has 0 fully saturated rings. The van der Waals surface area contributed by atoms with Gasteiger partial charge in [-0.3, -0.25) is 4.79 Å². The Labute approximate surface area is 115 Å². The summed E-state index contributed by atoms with van der Waals surface area (Å²) < 4.78 is 5.26. The fraction of sp³-hybridized carbons (Fsp3) is 0.462. The number of aliphatic imine (C=N–C) groups is 1. The Balaban J connectivity index is 2.31. The second-order valence-corrected chi connectivity index (χ2v) is 5.64. The first-order valence-electron chi connectivity index (χ1n) is 6.08. The van der Waals surface area contributed by atoms with Gasteiger partial charge in [0.25, 0.3) is 0 Å². The zero-order valence-electron chi connectivity index (χ0n) is 11.0. The quantitative estimate of drug-likeness (QED) is 0.865. The predicted molar refractivity (Wildman–Crippen MR) is 73.4 cm³/mol. The van der Waals surface area contributed by atoms with Crippen molar-refractivity contribution in [2.45, 2.75) is 32.9 Å². The van der Waals surface area contributed by atoms with Crippen molar-refractivity contribution in [3.8, 4) is 0 Å². The lowest BCUT2D eigenvalue weighted by atomic mass is 9.92. The van der Waals surface area contributed by atoms with Crippen LogP contribution >= 0.6 is 11.3 Å². The minimum absolute atomic E-state index is 0.193. The van der Waals surface area contributed by atoms with Gasteiger partial charge in [0.05, 0.1) is 12.1 Å². The number of amides is 2. The van der Waals surface area contributed by atoms with Gasteiger partial charge in [-0.1, -0.05) is 6.07 Å². The smallest absolute Gasteiger partial charge is 0.341 e. The van der Waals surface area contributed by atoms with Gasteiger partial charge in [-0.2, -0.15) is 0 Å². The fourth-order valence-corrected chi connectivity index (χ4v) is 2.85. The Hall–Kier alpha value is -1.69. The van der Waals surface area contributed by atoms with Gasteiger partial charge in [0.15, 0.2) is 0 Å². The van der Waals surface area contributed by atoms with Crippen molar-refractivity contribution in [3.05, 3.63) is 22.4 Å². The van der Waals surface area contributed by atoms with Crippen LogP contribution in [-0.4, -0.2) is 23.8 Å². The number of thiophene rings is 1. The highest BCUT2D eigenvalue weighted by atomic mass is 32.1. The van der Waals surface area contributed by atoms with E-state index in [1.807, 2.05) is 17.5 Å². The lowest BCUT2D eigenvalue weighted by Crippen LogP contribution is -2.44. The Bertz CT molecular complexity index is 508. The highest BCUT2D eigenvalue weighted by Gasteiger charge is 2.38. The van der Waals surface area contributed by atoms with Gasteiger partial charge in [-0.05, 0) is 32.2 Å². The fourth-order valence-electron chi connectivity index (χ4n) is 2.04. The first kappa shape index (κ1) is 13.7. The lowest BCUT2D eigenvalue weighted by molar-refractivity contribution is -0.150. The zero-order chi connectivity index (χ0) is 14.0. The van der Waals surface area contributed by atoms with Gasteiger partial charge in [0, 0.05) is 10.6 Å². The average molecular weight is 280 g/mol. The molecule has 2 atom stereocenters. The Morgan fingerprint density at radius 1 is 1.53 bits per heavy atom. The average Bonchev–Trinajstić information content (AvgIpc) is 2.79. The first-order chi connectivity index (χ1) is 8.99. The highest BCUT2D eigenvalue weighted by molar-refractivity contribution is 7.10. The number of hydrogen-bond acceptors (Lipinski definition) is 4. The van der Waals surface area contributed by atoms with Crippen LogP contribution in [0.15, 0.2) is 22.5 Å². The molecule has 0 radical (unpaired) electrons. The summed E-state index contributed by atoms with van der Waals surface area (Å²) in [5, 5.41) is 4.65. The first-order valence-corrected chi connectivity index (χ1v) is 6.96. The van der Waals surface area contributed by atoms with Crippen molar-refractivity contribution in [3.63, 3.8) is 0 Å². The van der Waals surface area contributed by atoms with E-state index in [2.05, 4.69) is 10.3 Å². The van der Waals surface area contributed by atoms with E-state index in [9.17, 15) is 9.59 Å². The summed E-state index contributed by atoms with van der Waals surface area (Å²) in [6, 6.07) is 2.97. The monoisotopic (exact) mass is 280 g/mol. The van der Waals surface area contributed by atoms with Crippen molar-refractivity contribution in [1.29, 1.82) is 0 Å². The Morgan fingerprint density at radius 3 is 2.84 bits per heavy atom. The van der Waals surface area contributed by atoms with E-state index in [1.54, 1.807) is 20.8 Å². The molecule has 2 rings (SSSR count). The summed E-state index contributed by atoms with van der Waals surface area (Å²) in [4.78, 5) is 28.5. The number of esters is 1. The molecule has 0 aromatic carbocycles. The summed E-state index contributed by atoms with van der Waals surface area (Å²) in [5.41, 5.74) is 0.493. The van der Waals surface area contributed by atoms with Gasteiger partial charge < -0.3 is 10.1 Å². The van der Waals surface area contributed by atoms with Gasteiger partial charge in [-0.25, -0.2) is 9.79 Å². The molecule has 5 nitrogen and oxygen atoms in total. The molecular formula is C13H16N2O3S. The molecule has 0 saturated heterocycles. The molecule has 2 amide bonds. The van der Waals surface area contributed by atoms with Crippen LogP contribution in [0.25, 0.3) is 0 Å². The van der Waals surface area contributed by atoms with E-state index in [1.165, 1.54) is 11.3 Å². The summed E-state index contributed by atoms with van der Waals surface area (Å²) in [6.45, 7) is 5.28. The maximum atomic E-state index is 12.2. The lowest BCUT2D eigenvalue weighted by Gasteiger charge is -2.29. The number of hydrogen-bond donors (Lipinski definition) is 1. The van der Waals surface area contributed by atoms with Crippen molar-refractivity contribution < 1.29 is 14.3 Å². The minimum Gasteiger partial charge on any atom is -0.462 e. The Kier molecular flexibility index (Phi) is 3.99. The molecule has 1 aromatic rings. The maximum absolute atomic E-state index is 12.2. The molecule has 1 N–H and O–H groups in total. The highest BCUT2D eigenvalue weighted by Crippen LogP contribution is 2.30. The summed E-state index contributed by atoms with van der Waals surface area (Å²) in [6.07, 6.45) is -0.193. The number of rotatable bonds is 3. The van der Waals surface area contributed by atoms with Crippen LogP contribution in [-0.2, 0) is 9.53 Å². The van der Waals surface area contributed by atoms with E-state index in [4.69, 9.17) is 4.74 Å². The molecule has 0 bridgehead atoms. The van der Waals surface area contributed by atoms with Crippen LogP contribution in [0.4, 0.5) is 4.79 Å². The van der Waals surface area contributed by atoms with Crippen LogP contribution < -0.4 is 5.32 Å². The van der Waals surface area contributed by atoms with Crippen molar-refractivity contribution in [1.82, 2.24) is 5.32 Å². The molecule has 2 unspecified atom stereocenters. The second-order valence-electron chi connectivity index (χ2n) is 4.66. The summed E-state index contributed by atoms with van der Waals surface area (Å²) in [5.74, 6) is -0.909. The molecule has 6 heteroatoms. The van der Waals surface area contributed by atoms with E-state index < -0.39 is 18.0 Å². The normalized spacial score (nSPS) is 22.9. The standard InChI is InChI=1S/C13H16N2O3S/c1-7(2)18-12(16)10-8(3)14-13(17)15-11(10)9-5-4-6-19-9/h4-7,10-11H,1-3H3,(H,15,17). The van der Waals surface area contributed by atoms with E-state index in [-0.39, 0.29) is 12.1 Å². The maximum Gasteiger partial charge on any atom is 0.341 e. The molecule has 0 saturated carbocycles. The number of carbonyl (C=O) groups is 2. The largest absolute Gasteiger partial charge is 0.462 e. The van der Waals surface area contributed by atoms with E-state index >= 15 is 0 Å². The molecule has 1 aliphatic heterocycles. The summed E-state index contributed by atoms with van der Waals surface area (Å²) >= 11 is 1.50. The van der Waals surface area contributed by atoms with Crippen LogP contribution in [0.3, 0.4) is 0 Å². The van der Waals surface area contributed by atoms with Gasteiger partial charge in [0.1, 0.15) is 5.92 Å². The molecule has 0 spiro atoms. The molecular weight excluding hydrogens is 264 g/mol. The van der Waals surface area contributed by atoms with Gasteiger partial charge in [0.2, 0.25) is 0 Å². The molecule has 2 heterocycles. The summed E-state index contributed by atoms with van der Waals surface area (Å²) in [7, 11) is 0. The second kappa shape index (κ2) is 5.52. The molecule has 1 aromatic heterocycles. The minimum atomic E-state index is -0.557. The van der Waals surface area contributed by atoms with E-state index in [0.717, 1.165) is 4.88 Å². The number of nitrogens with one attached hydrogen (secondary N) is 1. The molecule has 0 aliphatic carbocycles. The molecule has 1 aliphatic rings. The third kappa shape index (κ3) is 3.01. The molecule has 19 heavy (non-hydrogen) atoms. The van der Waals surface area contributed by atoms with Crippen molar-refractivity contribution in [2.75, 3.05) is 0 Å². The third-order valence-corrected chi connectivity index (χ3v) is 3.75. The van der Waals surface area contributed by atoms with E-state index in [0.29, 0.717) is 5.71 Å². The number of carbonyl (C=O) groups excluding carboxylic acids is 2.